The van der Waals surface area contributed by atoms with Gasteiger partial charge in [0.2, 0.25) is 0 Å². The fraction of sp³-hybridized carbons (Fsp3) is 0.571. The van der Waals surface area contributed by atoms with Crippen molar-refractivity contribution in [1.82, 2.24) is 10.6 Å². The topological polar surface area (TPSA) is 131 Å². The minimum atomic E-state index is -1.61. The molecule has 1 aromatic carbocycles. The van der Waals surface area contributed by atoms with E-state index < -0.39 is 29.4 Å². The summed E-state index contributed by atoms with van der Waals surface area (Å²) in [6.45, 7) is 4.15. The summed E-state index contributed by atoms with van der Waals surface area (Å²) in [5, 5.41) is 14.3. The third kappa shape index (κ3) is 7.83. The van der Waals surface area contributed by atoms with E-state index in [1.54, 1.807) is 6.92 Å². The second kappa shape index (κ2) is 12.2. The molecule has 8 heteroatoms. The molecule has 0 aliphatic carbocycles. The van der Waals surface area contributed by atoms with E-state index in [1.807, 2.05) is 37.3 Å². The van der Waals surface area contributed by atoms with Crippen LogP contribution in [0.25, 0.3) is 0 Å². The van der Waals surface area contributed by atoms with Gasteiger partial charge in [0.15, 0.2) is 5.66 Å². The molecule has 0 heterocycles. The smallest absolute Gasteiger partial charge is 0.313 e. The molecule has 3 unspecified atom stereocenters. The number of likely N-dealkylation sites (N-methyl/N-ethyl adjacent to an activating group) is 1. The zero-order chi connectivity index (χ0) is 21.9. The van der Waals surface area contributed by atoms with Gasteiger partial charge in [0, 0.05) is 13.0 Å². The number of hydrogen-bond donors (Lipinski definition) is 4. The highest BCUT2D eigenvalue weighted by molar-refractivity contribution is 5.91. The van der Waals surface area contributed by atoms with Crippen molar-refractivity contribution in [3.05, 3.63) is 35.9 Å². The summed E-state index contributed by atoms with van der Waals surface area (Å²) in [7, 11) is 1.53. The molecule has 1 amide bonds. The van der Waals surface area contributed by atoms with Crippen LogP contribution in [0.2, 0.25) is 0 Å². The molecule has 0 fully saturated rings. The molecule has 0 saturated heterocycles. The van der Waals surface area contributed by atoms with Crippen LogP contribution in [0.3, 0.4) is 0 Å². The number of nitrogens with one attached hydrogen (secondary N) is 2. The molecule has 0 saturated carbocycles. The van der Waals surface area contributed by atoms with Crippen LogP contribution in [0.1, 0.15) is 45.1 Å². The van der Waals surface area contributed by atoms with Crippen molar-refractivity contribution in [1.29, 1.82) is 0 Å². The van der Waals surface area contributed by atoms with Crippen LogP contribution in [0.4, 0.5) is 0 Å². The van der Waals surface area contributed by atoms with Gasteiger partial charge in [0.05, 0.1) is 5.92 Å². The van der Waals surface area contributed by atoms with Gasteiger partial charge in [-0.15, -0.1) is 0 Å². The highest BCUT2D eigenvalue weighted by Gasteiger charge is 2.45. The van der Waals surface area contributed by atoms with Crippen molar-refractivity contribution in [2.75, 3.05) is 13.6 Å². The molecule has 162 valence electrons. The van der Waals surface area contributed by atoms with Gasteiger partial charge in [0.1, 0.15) is 6.61 Å². The number of esters is 1. The van der Waals surface area contributed by atoms with Crippen LogP contribution in [0.15, 0.2) is 30.3 Å². The van der Waals surface area contributed by atoms with Crippen molar-refractivity contribution in [3.63, 3.8) is 0 Å². The standard InChI is InChI=1S/C21H33N3O5/c1-4-17(19(27)29-14-16-10-6-5-7-11-16)21(22,23-3)20(28)24-13-15(2)9-8-12-18(25)26/h5-7,10-11,15,17,23H,4,8-9,12-14,22H2,1-3H3,(H,24,28)(H,25,26). The average molecular weight is 408 g/mol. The van der Waals surface area contributed by atoms with E-state index in [-0.39, 0.29) is 18.9 Å². The first-order chi connectivity index (χ1) is 13.7. The molecule has 29 heavy (non-hydrogen) atoms. The maximum Gasteiger partial charge on any atom is 0.313 e. The molecule has 0 spiro atoms. The molecule has 0 bridgehead atoms. The number of amides is 1. The van der Waals surface area contributed by atoms with Crippen molar-refractivity contribution in [2.24, 2.45) is 17.6 Å². The second-order valence-corrected chi connectivity index (χ2v) is 7.27. The summed E-state index contributed by atoms with van der Waals surface area (Å²) in [5.74, 6) is -2.65. The van der Waals surface area contributed by atoms with Crippen LogP contribution in [-0.2, 0) is 25.7 Å². The number of carbonyl (C=O) groups is 3. The number of carbonyl (C=O) groups excluding carboxylic acids is 2. The van der Waals surface area contributed by atoms with Crippen LogP contribution in [0.5, 0.6) is 0 Å². The average Bonchev–Trinajstić information content (AvgIpc) is 2.71. The second-order valence-electron chi connectivity index (χ2n) is 7.27. The number of rotatable bonds is 13. The van der Waals surface area contributed by atoms with Gasteiger partial charge in [-0.25, -0.2) is 0 Å². The summed E-state index contributed by atoms with van der Waals surface area (Å²) in [6.07, 6.45) is 1.63. The Balaban J connectivity index is 2.66. The SMILES string of the molecule is CCC(C(=O)OCc1ccccc1)C(N)(NC)C(=O)NCC(C)CCCC(=O)O. The van der Waals surface area contributed by atoms with Gasteiger partial charge < -0.3 is 20.9 Å². The van der Waals surface area contributed by atoms with Gasteiger partial charge in [-0.3, -0.25) is 19.7 Å². The van der Waals surface area contributed by atoms with E-state index in [4.69, 9.17) is 15.6 Å². The number of nitrogens with two attached hydrogens (primary N) is 1. The Morgan fingerprint density at radius 3 is 2.45 bits per heavy atom. The van der Waals surface area contributed by atoms with Crippen molar-refractivity contribution < 1.29 is 24.2 Å². The van der Waals surface area contributed by atoms with Crippen molar-refractivity contribution >= 4 is 17.8 Å². The molecule has 1 rings (SSSR count). The number of carboxylic acids is 1. The van der Waals surface area contributed by atoms with Gasteiger partial charge in [-0.05, 0) is 37.8 Å². The Hall–Kier alpha value is -2.45. The summed E-state index contributed by atoms with van der Waals surface area (Å²) >= 11 is 0. The number of carboxylic acid groups (broad SMARTS) is 1. The summed E-state index contributed by atoms with van der Waals surface area (Å²) in [5.41, 5.74) is 5.53. The monoisotopic (exact) mass is 407 g/mol. The third-order valence-corrected chi connectivity index (χ3v) is 4.95. The first kappa shape index (κ1) is 24.6. The number of hydrogen-bond acceptors (Lipinski definition) is 6. The molecule has 1 aromatic rings. The Kier molecular flexibility index (Phi) is 10.3. The van der Waals surface area contributed by atoms with E-state index in [0.717, 1.165) is 5.56 Å². The lowest BCUT2D eigenvalue weighted by Gasteiger charge is -2.34. The molecule has 8 nitrogen and oxygen atoms in total. The maximum atomic E-state index is 12.8. The molecule has 0 aliphatic heterocycles. The van der Waals surface area contributed by atoms with Gasteiger partial charge in [-0.1, -0.05) is 44.2 Å². The first-order valence-electron chi connectivity index (χ1n) is 9.93. The Labute approximate surface area is 172 Å². The predicted octanol–water partition coefficient (Wildman–Crippen LogP) is 1.64. The fourth-order valence-electron chi connectivity index (χ4n) is 3.07. The van der Waals surface area contributed by atoms with Crippen molar-refractivity contribution in [3.8, 4) is 0 Å². The Morgan fingerprint density at radius 2 is 1.90 bits per heavy atom. The minimum absolute atomic E-state index is 0.0875. The third-order valence-electron chi connectivity index (χ3n) is 4.95. The van der Waals surface area contributed by atoms with Gasteiger partial charge >= 0.3 is 11.9 Å². The van der Waals surface area contributed by atoms with E-state index in [2.05, 4.69) is 10.6 Å². The minimum Gasteiger partial charge on any atom is -0.481 e. The zero-order valence-electron chi connectivity index (χ0n) is 17.4. The van der Waals surface area contributed by atoms with E-state index in [0.29, 0.717) is 25.8 Å². The van der Waals surface area contributed by atoms with Crippen LogP contribution >= 0.6 is 0 Å². The summed E-state index contributed by atoms with van der Waals surface area (Å²) < 4.78 is 5.39. The predicted molar refractivity (Wildman–Crippen MR) is 110 cm³/mol. The molecular formula is C21H33N3O5. The highest BCUT2D eigenvalue weighted by Crippen LogP contribution is 2.19. The van der Waals surface area contributed by atoms with Gasteiger partial charge in [-0.2, -0.15) is 0 Å². The lowest BCUT2D eigenvalue weighted by atomic mass is 9.89. The molecule has 0 aliphatic rings. The van der Waals surface area contributed by atoms with E-state index in [1.165, 1.54) is 7.05 Å². The maximum absolute atomic E-state index is 12.8. The van der Waals surface area contributed by atoms with Crippen LogP contribution < -0.4 is 16.4 Å². The lowest BCUT2D eigenvalue weighted by molar-refractivity contribution is -0.156. The lowest BCUT2D eigenvalue weighted by Crippen LogP contribution is -2.68. The summed E-state index contributed by atoms with van der Waals surface area (Å²) in [6, 6.07) is 9.28. The molecule has 3 atom stereocenters. The number of ether oxygens (including phenoxy) is 1. The van der Waals surface area contributed by atoms with Crippen LogP contribution in [0, 0.1) is 11.8 Å². The molecular weight excluding hydrogens is 374 g/mol. The van der Waals surface area contributed by atoms with Gasteiger partial charge in [0.25, 0.3) is 5.91 Å². The number of aliphatic carboxylic acids is 1. The molecule has 0 radical (unpaired) electrons. The Morgan fingerprint density at radius 1 is 1.24 bits per heavy atom. The quantitative estimate of drug-likeness (QED) is 0.289. The highest BCUT2D eigenvalue weighted by atomic mass is 16.5. The van der Waals surface area contributed by atoms with Crippen LogP contribution in [-0.4, -0.2) is 42.2 Å². The normalized spacial score (nSPS) is 15.0. The van der Waals surface area contributed by atoms with Crippen molar-refractivity contribution in [2.45, 2.75) is 51.8 Å². The summed E-state index contributed by atoms with van der Waals surface area (Å²) in [4.78, 5) is 36.0. The Bertz CT molecular complexity index is 668. The zero-order valence-corrected chi connectivity index (χ0v) is 17.4. The largest absolute Gasteiger partial charge is 0.481 e. The number of benzene rings is 1. The molecule has 0 aromatic heterocycles. The fourth-order valence-corrected chi connectivity index (χ4v) is 3.07. The molecule has 5 N–H and O–H groups in total. The van der Waals surface area contributed by atoms with E-state index >= 15 is 0 Å². The van der Waals surface area contributed by atoms with E-state index in [9.17, 15) is 14.4 Å². The first-order valence-corrected chi connectivity index (χ1v) is 9.93.